The van der Waals surface area contributed by atoms with Gasteiger partial charge in [0.05, 0.1) is 11.8 Å². The van der Waals surface area contributed by atoms with Gasteiger partial charge in [-0.1, -0.05) is 0 Å². The van der Waals surface area contributed by atoms with E-state index in [1.165, 1.54) is 0 Å². The minimum atomic E-state index is -4.21. The number of anilines is 1. The molecule has 126 valence electrons. The Balaban J connectivity index is 1.98. The zero-order valence-electron chi connectivity index (χ0n) is 13.0. The summed E-state index contributed by atoms with van der Waals surface area (Å²) in [5.41, 5.74) is 5.97. The van der Waals surface area contributed by atoms with Gasteiger partial charge in [0.1, 0.15) is 16.5 Å². The van der Waals surface area contributed by atoms with Gasteiger partial charge in [0.2, 0.25) is 0 Å². The molecule has 2 N–H and O–H groups in total. The molecule has 23 heavy (non-hydrogen) atoms. The second kappa shape index (κ2) is 5.90. The predicted octanol–water partition coefficient (Wildman–Crippen LogP) is 3.42. The Kier molecular flexibility index (Phi) is 4.22. The highest BCUT2D eigenvalue weighted by Crippen LogP contribution is 2.36. The van der Waals surface area contributed by atoms with Gasteiger partial charge in [-0.3, -0.25) is 0 Å². The zero-order valence-corrected chi connectivity index (χ0v) is 13.8. The highest BCUT2D eigenvalue weighted by molar-refractivity contribution is 7.18. The Morgan fingerprint density at radius 1 is 1.35 bits per heavy atom. The number of aryl methyl sites for hydroxylation is 1. The van der Waals surface area contributed by atoms with Crippen LogP contribution < -0.4 is 10.6 Å². The maximum atomic E-state index is 12.6. The lowest BCUT2D eigenvalue weighted by atomic mass is 10.2. The third-order valence-corrected chi connectivity index (χ3v) is 5.27. The Morgan fingerprint density at radius 3 is 2.70 bits per heavy atom. The molecule has 1 aliphatic rings. The van der Waals surface area contributed by atoms with E-state index in [0.717, 1.165) is 30.6 Å². The second-order valence-corrected chi connectivity index (χ2v) is 7.27. The quantitative estimate of drug-likeness (QED) is 0.927. The number of hydrogen-bond acceptors (Lipinski definition) is 5. The normalized spacial score (nSPS) is 22.0. The molecule has 0 amide bonds. The predicted molar refractivity (Wildman–Crippen MR) is 85.9 cm³/mol. The molecule has 0 radical (unpaired) electrons. The lowest BCUT2D eigenvalue weighted by Crippen LogP contribution is -2.31. The van der Waals surface area contributed by atoms with Crippen LogP contribution in [0.5, 0.6) is 0 Å². The van der Waals surface area contributed by atoms with Crippen LogP contribution >= 0.6 is 11.3 Å². The first kappa shape index (κ1) is 16.4. The maximum Gasteiger partial charge on any atom is 0.393 e. The number of thiophene rings is 1. The molecular formula is C15H19F3N4S. The van der Waals surface area contributed by atoms with Gasteiger partial charge in [0.15, 0.2) is 0 Å². The lowest BCUT2D eigenvalue weighted by Gasteiger charge is -2.26. The van der Waals surface area contributed by atoms with Gasteiger partial charge in [-0.2, -0.15) is 13.2 Å². The fraction of sp³-hybridized carbons (Fsp3) is 0.600. The molecule has 0 spiro atoms. The van der Waals surface area contributed by atoms with E-state index in [1.54, 1.807) is 13.0 Å². The summed E-state index contributed by atoms with van der Waals surface area (Å²) in [7, 11) is 1.94. The van der Waals surface area contributed by atoms with Gasteiger partial charge in [-0.15, -0.1) is 11.3 Å². The minimum Gasteiger partial charge on any atom is -0.356 e. The van der Waals surface area contributed by atoms with Crippen LogP contribution in [0.2, 0.25) is 0 Å². The number of nitrogens with zero attached hydrogens (tertiary/aromatic N) is 3. The molecule has 4 nitrogen and oxygen atoms in total. The van der Waals surface area contributed by atoms with Crippen molar-refractivity contribution in [2.75, 3.05) is 11.9 Å². The molecule has 2 aromatic rings. The number of fused-ring (bicyclic) bond motifs is 1. The van der Waals surface area contributed by atoms with Gasteiger partial charge < -0.3 is 10.6 Å². The molecule has 3 rings (SSSR count). The van der Waals surface area contributed by atoms with E-state index in [9.17, 15) is 13.2 Å². The smallest absolute Gasteiger partial charge is 0.356 e. The third kappa shape index (κ3) is 3.58. The van der Waals surface area contributed by atoms with Crippen LogP contribution in [0.4, 0.5) is 19.0 Å². The largest absolute Gasteiger partial charge is 0.393 e. The zero-order chi connectivity index (χ0) is 16.8. The summed E-state index contributed by atoms with van der Waals surface area (Å²) >= 11 is 1.09. The molecule has 1 saturated carbocycles. The van der Waals surface area contributed by atoms with Crippen molar-refractivity contribution < 1.29 is 13.2 Å². The van der Waals surface area contributed by atoms with Crippen molar-refractivity contribution in [1.82, 2.24) is 9.97 Å². The van der Waals surface area contributed by atoms with E-state index in [-0.39, 0.29) is 17.0 Å². The third-order valence-electron chi connectivity index (χ3n) is 4.24. The van der Waals surface area contributed by atoms with Gasteiger partial charge in [0, 0.05) is 24.0 Å². The van der Waals surface area contributed by atoms with Crippen molar-refractivity contribution >= 4 is 27.4 Å². The Bertz CT molecular complexity index is 713. The standard InChI is InChI=1S/C15H19F3N4S/c1-8-20-13(22(2)10-4-3-9(19)5-10)12-6-11(7-15(16,17)18)23-14(12)21-8/h6,9-10H,3-5,7,19H2,1-2H3. The maximum absolute atomic E-state index is 12.6. The van der Waals surface area contributed by atoms with Crippen LogP contribution in [-0.2, 0) is 6.42 Å². The molecule has 2 unspecified atom stereocenters. The Labute approximate surface area is 136 Å². The van der Waals surface area contributed by atoms with Crippen molar-refractivity contribution in [3.05, 3.63) is 16.8 Å². The van der Waals surface area contributed by atoms with Gasteiger partial charge in [0.25, 0.3) is 0 Å². The van der Waals surface area contributed by atoms with Crippen LogP contribution in [0.15, 0.2) is 6.07 Å². The van der Waals surface area contributed by atoms with E-state index < -0.39 is 12.6 Å². The van der Waals surface area contributed by atoms with Crippen LogP contribution in [0, 0.1) is 6.92 Å². The first-order valence-electron chi connectivity index (χ1n) is 7.55. The number of halogens is 3. The number of hydrogen-bond donors (Lipinski definition) is 1. The Hall–Kier alpha value is -1.41. The highest BCUT2D eigenvalue weighted by atomic mass is 32.1. The highest BCUT2D eigenvalue weighted by Gasteiger charge is 2.30. The fourth-order valence-electron chi connectivity index (χ4n) is 3.13. The van der Waals surface area contributed by atoms with Crippen molar-refractivity contribution in [3.63, 3.8) is 0 Å². The monoisotopic (exact) mass is 344 g/mol. The summed E-state index contributed by atoms with van der Waals surface area (Å²) in [6, 6.07) is 2.03. The van der Waals surface area contributed by atoms with Crippen LogP contribution in [0.3, 0.4) is 0 Å². The number of rotatable bonds is 3. The van der Waals surface area contributed by atoms with Crippen molar-refractivity contribution in [2.45, 2.75) is 50.9 Å². The van der Waals surface area contributed by atoms with E-state index in [4.69, 9.17) is 5.73 Å². The number of alkyl halides is 3. The van der Waals surface area contributed by atoms with Gasteiger partial charge in [-0.05, 0) is 32.3 Å². The van der Waals surface area contributed by atoms with E-state index >= 15 is 0 Å². The first-order chi connectivity index (χ1) is 10.7. The average Bonchev–Trinajstić information content (AvgIpc) is 3.00. The molecule has 1 aliphatic carbocycles. The molecule has 2 heterocycles. The molecule has 0 bridgehead atoms. The Morgan fingerprint density at radius 2 is 2.09 bits per heavy atom. The first-order valence-corrected chi connectivity index (χ1v) is 8.37. The number of nitrogens with two attached hydrogens (primary N) is 1. The molecule has 8 heteroatoms. The van der Waals surface area contributed by atoms with Gasteiger partial charge in [-0.25, -0.2) is 9.97 Å². The topological polar surface area (TPSA) is 55.0 Å². The average molecular weight is 344 g/mol. The van der Waals surface area contributed by atoms with Crippen LogP contribution in [-0.4, -0.2) is 35.3 Å². The van der Waals surface area contributed by atoms with Crippen LogP contribution in [0.1, 0.15) is 30.0 Å². The second-order valence-electron chi connectivity index (χ2n) is 6.16. The van der Waals surface area contributed by atoms with Crippen molar-refractivity contribution in [3.8, 4) is 0 Å². The molecular weight excluding hydrogens is 325 g/mol. The summed E-state index contributed by atoms with van der Waals surface area (Å²) in [6.07, 6.45) is -2.33. The van der Waals surface area contributed by atoms with Crippen LogP contribution in [0.25, 0.3) is 10.2 Å². The van der Waals surface area contributed by atoms with E-state index in [2.05, 4.69) is 9.97 Å². The lowest BCUT2D eigenvalue weighted by molar-refractivity contribution is -0.126. The molecule has 2 aromatic heterocycles. The summed E-state index contributed by atoms with van der Waals surface area (Å²) in [5, 5.41) is 0.697. The van der Waals surface area contributed by atoms with E-state index in [1.807, 2.05) is 11.9 Å². The van der Waals surface area contributed by atoms with Gasteiger partial charge >= 0.3 is 6.18 Å². The van der Waals surface area contributed by atoms with Crippen molar-refractivity contribution in [1.29, 1.82) is 0 Å². The summed E-state index contributed by atoms with van der Waals surface area (Å²) in [4.78, 5) is 11.7. The van der Waals surface area contributed by atoms with Crippen molar-refractivity contribution in [2.24, 2.45) is 5.73 Å². The molecule has 0 aliphatic heterocycles. The minimum absolute atomic E-state index is 0.184. The molecule has 2 atom stereocenters. The van der Waals surface area contributed by atoms with E-state index in [0.29, 0.717) is 21.9 Å². The fourth-order valence-corrected chi connectivity index (χ4v) is 4.23. The molecule has 0 saturated heterocycles. The molecule has 1 fully saturated rings. The number of aromatic nitrogens is 2. The summed E-state index contributed by atoms with van der Waals surface area (Å²) in [5.74, 6) is 1.28. The summed E-state index contributed by atoms with van der Waals surface area (Å²) in [6.45, 7) is 1.76. The SMILES string of the molecule is Cc1nc(N(C)C2CCC(N)C2)c2cc(CC(F)(F)F)sc2n1. The summed E-state index contributed by atoms with van der Waals surface area (Å²) < 4.78 is 37.9. The molecule has 0 aromatic carbocycles.